The molecular weight excluding hydrogens is 238 g/mol. The number of cyclic esters (lactones) is 1. The van der Waals surface area contributed by atoms with Gasteiger partial charge in [-0.3, -0.25) is 0 Å². The Balaban J connectivity index is 2.27. The number of methoxy groups -OCH3 is 1. The number of benzene rings is 1. The van der Waals surface area contributed by atoms with Gasteiger partial charge in [-0.05, 0) is 12.1 Å². The fourth-order valence-electron chi connectivity index (χ4n) is 1.65. The lowest BCUT2D eigenvalue weighted by molar-refractivity contribution is -0.143. The summed E-state index contributed by atoms with van der Waals surface area (Å²) in [4.78, 5) is 22.9. The van der Waals surface area contributed by atoms with Crippen molar-refractivity contribution in [2.45, 2.75) is 12.5 Å². The van der Waals surface area contributed by atoms with Gasteiger partial charge in [0.15, 0.2) is 6.10 Å². The highest BCUT2D eigenvalue weighted by Crippen LogP contribution is 2.25. The third-order valence-corrected chi connectivity index (χ3v) is 2.57. The van der Waals surface area contributed by atoms with Gasteiger partial charge < -0.3 is 19.9 Å². The Bertz CT molecular complexity index is 485. The first-order valence-electron chi connectivity index (χ1n) is 5.43. The summed E-state index contributed by atoms with van der Waals surface area (Å²) >= 11 is 0. The van der Waals surface area contributed by atoms with E-state index in [1.54, 1.807) is 6.07 Å². The smallest absolute Gasteiger partial charge is 0.347 e. The highest BCUT2D eigenvalue weighted by molar-refractivity contribution is 5.93. The van der Waals surface area contributed by atoms with E-state index in [4.69, 9.17) is 15.2 Å². The van der Waals surface area contributed by atoms with Crippen LogP contribution >= 0.6 is 0 Å². The van der Waals surface area contributed by atoms with Crippen molar-refractivity contribution in [2.75, 3.05) is 19.5 Å². The van der Waals surface area contributed by atoms with Crippen LogP contribution in [0.3, 0.4) is 0 Å². The molecule has 0 saturated carbocycles. The highest BCUT2D eigenvalue weighted by Gasteiger charge is 2.29. The van der Waals surface area contributed by atoms with Gasteiger partial charge in [0.2, 0.25) is 0 Å². The monoisotopic (exact) mass is 251 g/mol. The van der Waals surface area contributed by atoms with Crippen LogP contribution in [0.5, 0.6) is 5.75 Å². The SMILES string of the molecule is COC(=O)c1ccc(N)cc1OC1CCOC1=O. The van der Waals surface area contributed by atoms with E-state index in [1.165, 1.54) is 19.2 Å². The molecule has 0 aliphatic carbocycles. The number of ether oxygens (including phenoxy) is 3. The first-order chi connectivity index (χ1) is 8.61. The van der Waals surface area contributed by atoms with Crippen molar-refractivity contribution in [2.24, 2.45) is 0 Å². The summed E-state index contributed by atoms with van der Waals surface area (Å²) in [5.41, 5.74) is 6.29. The molecule has 1 aliphatic rings. The molecule has 18 heavy (non-hydrogen) atoms. The fourth-order valence-corrected chi connectivity index (χ4v) is 1.65. The number of nitrogen functional groups attached to an aromatic ring is 1. The molecule has 1 atom stereocenters. The fraction of sp³-hybridized carbons (Fsp3) is 0.333. The Morgan fingerprint density at radius 3 is 2.89 bits per heavy atom. The zero-order chi connectivity index (χ0) is 13.1. The van der Waals surface area contributed by atoms with Gasteiger partial charge in [0.1, 0.15) is 11.3 Å². The second-order valence-corrected chi connectivity index (χ2v) is 3.81. The second-order valence-electron chi connectivity index (χ2n) is 3.81. The standard InChI is InChI=1S/C12H13NO5/c1-16-11(14)8-3-2-7(13)6-10(8)18-9-4-5-17-12(9)15/h2-3,6,9H,4-5,13H2,1H3. The first kappa shape index (κ1) is 12.2. The molecule has 96 valence electrons. The van der Waals surface area contributed by atoms with E-state index in [-0.39, 0.29) is 11.3 Å². The van der Waals surface area contributed by atoms with Crippen molar-refractivity contribution in [1.82, 2.24) is 0 Å². The van der Waals surface area contributed by atoms with Gasteiger partial charge in [0, 0.05) is 18.2 Å². The van der Waals surface area contributed by atoms with Crippen LogP contribution < -0.4 is 10.5 Å². The molecule has 0 radical (unpaired) electrons. The number of anilines is 1. The minimum atomic E-state index is -0.699. The summed E-state index contributed by atoms with van der Waals surface area (Å²) in [5, 5.41) is 0. The molecule has 1 aliphatic heterocycles. The van der Waals surface area contributed by atoms with E-state index in [9.17, 15) is 9.59 Å². The molecule has 0 amide bonds. The van der Waals surface area contributed by atoms with Gasteiger partial charge in [-0.2, -0.15) is 0 Å². The second kappa shape index (κ2) is 4.95. The molecule has 1 fully saturated rings. The third-order valence-electron chi connectivity index (χ3n) is 2.57. The van der Waals surface area contributed by atoms with Crippen molar-refractivity contribution in [1.29, 1.82) is 0 Å². The molecule has 6 heteroatoms. The summed E-state index contributed by atoms with van der Waals surface area (Å²) in [7, 11) is 1.27. The average molecular weight is 251 g/mol. The zero-order valence-electron chi connectivity index (χ0n) is 9.84. The van der Waals surface area contributed by atoms with Crippen LogP contribution in [-0.4, -0.2) is 31.8 Å². The van der Waals surface area contributed by atoms with Gasteiger partial charge in [0.25, 0.3) is 0 Å². The summed E-state index contributed by atoms with van der Waals surface area (Å²) < 4.78 is 14.9. The quantitative estimate of drug-likeness (QED) is 0.630. The van der Waals surface area contributed by atoms with Crippen molar-refractivity contribution in [3.05, 3.63) is 23.8 Å². The Morgan fingerprint density at radius 2 is 2.28 bits per heavy atom. The van der Waals surface area contributed by atoms with E-state index in [2.05, 4.69) is 4.74 Å². The molecular formula is C12H13NO5. The lowest BCUT2D eigenvalue weighted by Gasteiger charge is -2.13. The number of nitrogens with two attached hydrogens (primary N) is 1. The third kappa shape index (κ3) is 2.37. The predicted molar refractivity (Wildman–Crippen MR) is 62.2 cm³/mol. The Kier molecular flexibility index (Phi) is 3.36. The maximum atomic E-state index is 11.5. The minimum Gasteiger partial charge on any atom is -0.478 e. The number of carbonyl (C=O) groups excluding carboxylic acids is 2. The topological polar surface area (TPSA) is 87.8 Å². The van der Waals surface area contributed by atoms with Gasteiger partial charge in [-0.15, -0.1) is 0 Å². The summed E-state index contributed by atoms with van der Waals surface area (Å²) in [6.07, 6.45) is -0.246. The van der Waals surface area contributed by atoms with Gasteiger partial charge in [-0.1, -0.05) is 0 Å². The van der Waals surface area contributed by atoms with Crippen molar-refractivity contribution >= 4 is 17.6 Å². The van der Waals surface area contributed by atoms with Crippen LogP contribution in [0.15, 0.2) is 18.2 Å². The van der Waals surface area contributed by atoms with Crippen molar-refractivity contribution < 1.29 is 23.8 Å². The van der Waals surface area contributed by atoms with Gasteiger partial charge in [0.05, 0.1) is 13.7 Å². The minimum absolute atomic E-state index is 0.228. The molecule has 1 heterocycles. The van der Waals surface area contributed by atoms with E-state index in [0.29, 0.717) is 18.7 Å². The van der Waals surface area contributed by atoms with E-state index >= 15 is 0 Å². The van der Waals surface area contributed by atoms with Crippen LogP contribution in [0.2, 0.25) is 0 Å². The lowest BCUT2D eigenvalue weighted by atomic mass is 10.1. The Morgan fingerprint density at radius 1 is 1.50 bits per heavy atom. The maximum absolute atomic E-state index is 11.5. The van der Waals surface area contributed by atoms with Crippen LogP contribution in [0.25, 0.3) is 0 Å². The van der Waals surface area contributed by atoms with E-state index in [0.717, 1.165) is 0 Å². The molecule has 0 aromatic heterocycles. The summed E-state index contributed by atoms with van der Waals surface area (Å²) in [6, 6.07) is 4.54. The number of rotatable bonds is 3. The van der Waals surface area contributed by atoms with Gasteiger partial charge in [-0.25, -0.2) is 9.59 Å². The Labute approximate surface area is 104 Å². The van der Waals surface area contributed by atoms with Crippen LogP contribution in [0, 0.1) is 0 Å². The first-order valence-corrected chi connectivity index (χ1v) is 5.43. The number of esters is 2. The molecule has 2 rings (SSSR count). The maximum Gasteiger partial charge on any atom is 0.347 e. The number of carbonyl (C=O) groups is 2. The number of hydrogen-bond donors (Lipinski definition) is 1. The predicted octanol–water partition coefficient (Wildman–Crippen LogP) is 0.750. The molecule has 0 bridgehead atoms. The molecule has 6 nitrogen and oxygen atoms in total. The zero-order valence-corrected chi connectivity index (χ0v) is 9.84. The van der Waals surface area contributed by atoms with E-state index in [1.807, 2.05) is 0 Å². The van der Waals surface area contributed by atoms with Crippen LogP contribution in [-0.2, 0) is 14.3 Å². The van der Waals surface area contributed by atoms with Crippen LogP contribution in [0.4, 0.5) is 5.69 Å². The lowest BCUT2D eigenvalue weighted by Crippen LogP contribution is -2.23. The normalized spacial score (nSPS) is 18.3. The van der Waals surface area contributed by atoms with Crippen LogP contribution in [0.1, 0.15) is 16.8 Å². The molecule has 1 unspecified atom stereocenters. The Hall–Kier alpha value is -2.24. The number of hydrogen-bond acceptors (Lipinski definition) is 6. The molecule has 1 saturated heterocycles. The molecule has 2 N–H and O–H groups in total. The largest absolute Gasteiger partial charge is 0.478 e. The highest BCUT2D eigenvalue weighted by atomic mass is 16.6. The van der Waals surface area contributed by atoms with E-state index < -0.39 is 18.0 Å². The average Bonchev–Trinajstić information content (AvgIpc) is 2.74. The summed E-state index contributed by atoms with van der Waals surface area (Å²) in [6.45, 7) is 0.319. The summed E-state index contributed by atoms with van der Waals surface area (Å²) in [5.74, 6) is -0.754. The molecule has 0 spiro atoms. The van der Waals surface area contributed by atoms with Crippen molar-refractivity contribution in [3.8, 4) is 5.75 Å². The molecule has 1 aromatic carbocycles. The van der Waals surface area contributed by atoms with Gasteiger partial charge >= 0.3 is 11.9 Å². The molecule has 1 aromatic rings. The van der Waals surface area contributed by atoms with Crippen molar-refractivity contribution in [3.63, 3.8) is 0 Å².